The lowest BCUT2D eigenvalue weighted by Gasteiger charge is -2.18. The minimum absolute atomic E-state index is 0.0946. The zero-order valence-corrected chi connectivity index (χ0v) is 22.9. The molecule has 0 bridgehead atoms. The Hall–Kier alpha value is -3.45. The molecular weight excluding hydrogens is 556 g/mol. The first-order chi connectivity index (χ1) is 18.7. The Morgan fingerprint density at radius 2 is 1.92 bits per heavy atom. The zero-order valence-electron chi connectivity index (χ0n) is 21.3. The molecule has 0 fully saturated rings. The second-order valence-corrected chi connectivity index (χ2v) is 9.84. The van der Waals surface area contributed by atoms with Gasteiger partial charge in [-0.05, 0) is 49.5 Å². The first kappa shape index (κ1) is 31.8. The highest BCUT2D eigenvalue weighted by Crippen LogP contribution is 2.33. The maximum Gasteiger partial charge on any atom is 0.297 e. The first-order valence-electron chi connectivity index (χ1n) is 11.3. The Balaban J connectivity index is 2.04. The summed E-state index contributed by atoms with van der Waals surface area (Å²) >= 11 is 0.549. The van der Waals surface area contributed by atoms with Crippen LogP contribution in [0.3, 0.4) is 0 Å². The van der Waals surface area contributed by atoms with Crippen molar-refractivity contribution in [1.82, 2.24) is 9.62 Å². The third-order valence-corrected chi connectivity index (χ3v) is 6.97. The number of methoxy groups -OCH3 is 1. The molecule has 2 aromatic carbocycles. The lowest BCUT2D eigenvalue weighted by Crippen LogP contribution is -2.34. The van der Waals surface area contributed by atoms with Crippen molar-refractivity contribution < 1.29 is 37.4 Å². The van der Waals surface area contributed by atoms with Crippen LogP contribution in [0.5, 0.6) is 0 Å². The van der Waals surface area contributed by atoms with E-state index in [-0.39, 0.29) is 21.4 Å². The number of benzene rings is 2. The maximum absolute atomic E-state index is 12.5. The van der Waals surface area contributed by atoms with Crippen LogP contribution in [0, 0.1) is 10.1 Å². The van der Waals surface area contributed by atoms with Gasteiger partial charge in [-0.1, -0.05) is 18.9 Å². The van der Waals surface area contributed by atoms with Crippen molar-refractivity contribution in [3.05, 3.63) is 64.7 Å². The summed E-state index contributed by atoms with van der Waals surface area (Å²) in [5, 5.41) is 30.7. The predicted octanol–water partition coefficient (Wildman–Crippen LogP) is 4.55. The van der Waals surface area contributed by atoms with E-state index >= 15 is 0 Å². The van der Waals surface area contributed by atoms with Crippen molar-refractivity contribution in [1.29, 1.82) is 0 Å². The standard InChI is InChI=1S/C22H28N6O9S2/c1-4-27(5-2)13-12-24-39(32,33)19-9-6-17(7-10-19)23-16-35-22(15-34-3)26-25-20-11-8-18(38-37-36-31)14-21(20)28(29)30/h6-11,14-16,24,31H,4-5,12-13H2,1-3H3/b22-15-,23-16+,26-25?. The van der Waals surface area contributed by atoms with Crippen molar-refractivity contribution in [2.75, 3.05) is 33.3 Å². The van der Waals surface area contributed by atoms with Crippen LogP contribution >= 0.6 is 12.0 Å². The topological polar surface area (TPSA) is 187 Å². The Morgan fingerprint density at radius 1 is 1.21 bits per heavy atom. The van der Waals surface area contributed by atoms with Gasteiger partial charge in [-0.15, -0.1) is 14.6 Å². The lowest BCUT2D eigenvalue weighted by atomic mass is 10.3. The predicted molar refractivity (Wildman–Crippen MR) is 142 cm³/mol. The van der Waals surface area contributed by atoms with Crippen LogP contribution in [0.25, 0.3) is 0 Å². The lowest BCUT2D eigenvalue weighted by molar-refractivity contribution is -0.432. The Labute approximate surface area is 229 Å². The van der Waals surface area contributed by atoms with Crippen LogP contribution in [0.4, 0.5) is 17.1 Å². The SMILES string of the molecule is CCN(CC)CCNS(=O)(=O)c1ccc(/N=C/O/C(=C\OC)N=Nc2ccc(SOOO)cc2[N+](=O)[O-])cc1. The number of aliphatic imine (C=N–C) groups is 1. The van der Waals surface area contributed by atoms with Gasteiger partial charge in [0.15, 0.2) is 12.1 Å². The summed E-state index contributed by atoms with van der Waals surface area (Å²) in [6.07, 6.45) is 2.12. The van der Waals surface area contributed by atoms with Gasteiger partial charge in [0.25, 0.3) is 11.6 Å². The van der Waals surface area contributed by atoms with Crippen LogP contribution < -0.4 is 4.72 Å². The molecule has 2 rings (SSSR count). The van der Waals surface area contributed by atoms with E-state index in [0.29, 0.717) is 30.8 Å². The Kier molecular flexibility index (Phi) is 13.4. The molecule has 0 saturated heterocycles. The van der Waals surface area contributed by atoms with Crippen molar-refractivity contribution in [3.8, 4) is 0 Å². The molecule has 0 aliphatic heterocycles. The fourth-order valence-electron chi connectivity index (χ4n) is 2.93. The van der Waals surface area contributed by atoms with Crippen LogP contribution in [-0.4, -0.2) is 63.2 Å². The summed E-state index contributed by atoms with van der Waals surface area (Å²) in [7, 11) is -2.33. The molecule has 0 atom stereocenters. The number of hydrogen-bond acceptors (Lipinski definition) is 14. The molecule has 0 unspecified atom stereocenters. The van der Waals surface area contributed by atoms with Crippen LogP contribution in [0.2, 0.25) is 0 Å². The molecule has 212 valence electrons. The number of hydrogen-bond donors (Lipinski definition) is 2. The number of nitrogens with zero attached hydrogens (tertiary/aromatic N) is 5. The van der Waals surface area contributed by atoms with Gasteiger partial charge < -0.3 is 14.4 Å². The number of nitro groups is 1. The van der Waals surface area contributed by atoms with Crippen molar-refractivity contribution in [3.63, 3.8) is 0 Å². The van der Waals surface area contributed by atoms with E-state index in [1.54, 1.807) is 0 Å². The molecule has 17 heteroatoms. The molecule has 15 nitrogen and oxygen atoms in total. The molecule has 0 aromatic heterocycles. The Bertz CT molecular complexity index is 1270. The van der Waals surface area contributed by atoms with Gasteiger partial charge in [0, 0.05) is 24.1 Å². The van der Waals surface area contributed by atoms with E-state index in [2.05, 4.69) is 34.2 Å². The molecule has 39 heavy (non-hydrogen) atoms. The molecule has 0 aliphatic rings. The Morgan fingerprint density at radius 3 is 2.54 bits per heavy atom. The molecular formula is C22H28N6O9S2. The van der Waals surface area contributed by atoms with E-state index in [1.807, 2.05) is 13.8 Å². The van der Waals surface area contributed by atoms with Crippen LogP contribution in [-0.2, 0) is 28.9 Å². The van der Waals surface area contributed by atoms with Gasteiger partial charge in [-0.25, -0.2) is 23.4 Å². The summed E-state index contributed by atoms with van der Waals surface area (Å²) in [5.41, 5.74) is -0.101. The summed E-state index contributed by atoms with van der Waals surface area (Å²) in [6, 6.07) is 9.69. The summed E-state index contributed by atoms with van der Waals surface area (Å²) in [4.78, 5) is 17.2. The van der Waals surface area contributed by atoms with E-state index in [0.717, 1.165) is 31.8 Å². The van der Waals surface area contributed by atoms with Gasteiger partial charge in [-0.2, -0.15) is 0 Å². The summed E-state index contributed by atoms with van der Waals surface area (Å²) < 4.78 is 42.0. The number of likely N-dealkylation sites (N-methyl/N-ethyl adjacent to an activating group) is 1. The highest BCUT2D eigenvalue weighted by Gasteiger charge is 2.16. The van der Waals surface area contributed by atoms with E-state index < -0.39 is 20.6 Å². The minimum Gasteiger partial charge on any atom is -0.499 e. The normalized spacial score (nSPS) is 12.5. The average molecular weight is 585 g/mol. The highest BCUT2D eigenvalue weighted by atomic mass is 32.2. The molecule has 0 aliphatic carbocycles. The molecule has 0 saturated carbocycles. The van der Waals surface area contributed by atoms with Gasteiger partial charge >= 0.3 is 0 Å². The van der Waals surface area contributed by atoms with E-state index in [1.165, 1.54) is 43.5 Å². The molecule has 0 radical (unpaired) electrons. The molecule has 2 N–H and O–H groups in total. The minimum atomic E-state index is -3.67. The molecule has 0 spiro atoms. The van der Waals surface area contributed by atoms with Gasteiger partial charge in [0.2, 0.25) is 10.0 Å². The number of ether oxygens (including phenoxy) is 2. The van der Waals surface area contributed by atoms with Gasteiger partial charge in [-0.3, -0.25) is 10.1 Å². The van der Waals surface area contributed by atoms with Gasteiger partial charge in [0.1, 0.15) is 6.26 Å². The second-order valence-electron chi connectivity index (χ2n) is 7.30. The third kappa shape index (κ3) is 10.7. The summed E-state index contributed by atoms with van der Waals surface area (Å²) in [6.45, 7) is 6.58. The smallest absolute Gasteiger partial charge is 0.297 e. The second kappa shape index (κ2) is 16.5. The molecule has 0 heterocycles. The quantitative estimate of drug-likeness (QED) is 0.0388. The summed E-state index contributed by atoms with van der Waals surface area (Å²) in [5.74, 6) is -0.178. The zero-order chi connectivity index (χ0) is 28.7. The first-order valence-corrected chi connectivity index (χ1v) is 13.6. The number of nitrogens with one attached hydrogen (secondary N) is 1. The van der Waals surface area contributed by atoms with Gasteiger partial charge in [0.05, 0.1) is 34.7 Å². The van der Waals surface area contributed by atoms with Crippen LogP contribution in [0.1, 0.15) is 13.8 Å². The number of nitro benzene ring substituents is 1. The number of azo groups is 1. The van der Waals surface area contributed by atoms with Crippen molar-refractivity contribution in [2.24, 2.45) is 15.2 Å². The monoisotopic (exact) mass is 584 g/mol. The van der Waals surface area contributed by atoms with Crippen molar-refractivity contribution in [2.45, 2.75) is 23.6 Å². The number of rotatable bonds is 17. The van der Waals surface area contributed by atoms with Crippen LogP contribution in [0.15, 0.2) is 79.6 Å². The number of sulfonamides is 1. The highest BCUT2D eigenvalue weighted by molar-refractivity contribution is 7.94. The largest absolute Gasteiger partial charge is 0.499 e. The fourth-order valence-corrected chi connectivity index (χ4v) is 4.35. The third-order valence-electron chi connectivity index (χ3n) is 4.92. The average Bonchev–Trinajstić information content (AvgIpc) is 2.93. The fraction of sp³-hybridized carbons (Fsp3) is 0.318. The maximum atomic E-state index is 12.5. The molecule has 2 aromatic rings. The molecule has 0 amide bonds. The van der Waals surface area contributed by atoms with Crippen molar-refractivity contribution >= 4 is 45.5 Å². The van der Waals surface area contributed by atoms with E-state index in [9.17, 15) is 18.5 Å². The van der Waals surface area contributed by atoms with E-state index in [4.69, 9.17) is 14.7 Å².